The number of ether oxygens (including phenoxy) is 2. The van der Waals surface area contributed by atoms with Crippen LogP contribution in [0.1, 0.15) is 30.1 Å². The molecule has 0 aliphatic carbocycles. The lowest BCUT2D eigenvalue weighted by molar-refractivity contribution is -0.0407. The minimum absolute atomic E-state index is 0.0879. The van der Waals surface area contributed by atoms with Gasteiger partial charge in [-0.1, -0.05) is 6.92 Å². The molecule has 0 amide bonds. The molecule has 1 fully saturated rings. The topological polar surface area (TPSA) is 43.4 Å². The van der Waals surface area contributed by atoms with Gasteiger partial charge < -0.3 is 14.8 Å². The first-order chi connectivity index (χ1) is 7.79. The SMILES string of the molecule is CC[C@@H](NCC1OCCO1)c1nc(C)cs1. The fourth-order valence-electron chi connectivity index (χ4n) is 1.70. The van der Waals surface area contributed by atoms with Crippen LogP contribution in [0.25, 0.3) is 0 Å². The summed E-state index contributed by atoms with van der Waals surface area (Å²) < 4.78 is 10.8. The smallest absolute Gasteiger partial charge is 0.170 e. The molecule has 0 saturated carbocycles. The first-order valence-electron chi connectivity index (χ1n) is 5.68. The van der Waals surface area contributed by atoms with Crippen LogP contribution in [0.3, 0.4) is 0 Å². The van der Waals surface area contributed by atoms with Gasteiger partial charge in [0.2, 0.25) is 0 Å². The second-order valence-corrected chi connectivity index (χ2v) is 4.76. The van der Waals surface area contributed by atoms with Crippen LogP contribution in [0.5, 0.6) is 0 Å². The lowest BCUT2D eigenvalue weighted by atomic mass is 10.2. The largest absolute Gasteiger partial charge is 0.349 e. The average Bonchev–Trinajstić information content (AvgIpc) is 2.91. The average molecular weight is 242 g/mol. The number of aromatic nitrogens is 1. The predicted octanol–water partition coefficient (Wildman–Crippen LogP) is 1.87. The number of thiazole rings is 1. The zero-order chi connectivity index (χ0) is 11.4. The van der Waals surface area contributed by atoms with Crippen molar-refractivity contribution >= 4 is 11.3 Å². The van der Waals surface area contributed by atoms with E-state index in [9.17, 15) is 0 Å². The third kappa shape index (κ3) is 3.01. The van der Waals surface area contributed by atoms with Crippen molar-refractivity contribution in [3.63, 3.8) is 0 Å². The third-order valence-electron chi connectivity index (χ3n) is 2.56. The quantitative estimate of drug-likeness (QED) is 0.856. The summed E-state index contributed by atoms with van der Waals surface area (Å²) in [5, 5.41) is 6.68. The van der Waals surface area contributed by atoms with E-state index in [1.165, 1.54) is 0 Å². The molecule has 1 atom stereocenters. The number of rotatable bonds is 5. The molecule has 2 rings (SSSR count). The van der Waals surface area contributed by atoms with Gasteiger partial charge in [0.1, 0.15) is 5.01 Å². The van der Waals surface area contributed by atoms with Gasteiger partial charge in [-0.3, -0.25) is 0 Å². The Morgan fingerprint density at radius 2 is 2.31 bits per heavy atom. The number of aryl methyl sites for hydroxylation is 1. The lowest BCUT2D eigenvalue weighted by Crippen LogP contribution is -2.30. The maximum Gasteiger partial charge on any atom is 0.170 e. The predicted molar refractivity (Wildman–Crippen MR) is 63.6 cm³/mol. The molecule has 1 N–H and O–H groups in total. The highest BCUT2D eigenvalue weighted by Gasteiger charge is 2.19. The Bertz CT molecular complexity index is 324. The highest BCUT2D eigenvalue weighted by atomic mass is 32.1. The summed E-state index contributed by atoms with van der Waals surface area (Å²) in [6, 6.07) is 0.312. The second kappa shape index (κ2) is 5.72. The number of hydrogen-bond acceptors (Lipinski definition) is 5. The van der Waals surface area contributed by atoms with Gasteiger partial charge in [-0.2, -0.15) is 0 Å². The van der Waals surface area contributed by atoms with Gasteiger partial charge in [-0.15, -0.1) is 11.3 Å². The number of hydrogen-bond donors (Lipinski definition) is 1. The fraction of sp³-hybridized carbons (Fsp3) is 0.727. The maximum absolute atomic E-state index is 5.39. The van der Waals surface area contributed by atoms with Crippen molar-refractivity contribution in [2.24, 2.45) is 0 Å². The summed E-state index contributed by atoms with van der Waals surface area (Å²) in [6.45, 7) is 6.33. The summed E-state index contributed by atoms with van der Waals surface area (Å²) in [4.78, 5) is 4.50. The molecule has 0 bridgehead atoms. The van der Waals surface area contributed by atoms with E-state index in [-0.39, 0.29) is 6.29 Å². The maximum atomic E-state index is 5.39. The molecule has 0 radical (unpaired) electrons. The van der Waals surface area contributed by atoms with Crippen molar-refractivity contribution in [1.29, 1.82) is 0 Å². The van der Waals surface area contributed by atoms with E-state index >= 15 is 0 Å². The van der Waals surface area contributed by atoms with Gasteiger partial charge in [0.25, 0.3) is 0 Å². The Morgan fingerprint density at radius 1 is 1.56 bits per heavy atom. The van der Waals surface area contributed by atoms with Crippen LogP contribution in [-0.2, 0) is 9.47 Å². The van der Waals surface area contributed by atoms with Crippen LogP contribution in [0.4, 0.5) is 0 Å². The monoisotopic (exact) mass is 242 g/mol. The summed E-state index contributed by atoms with van der Waals surface area (Å²) in [6.07, 6.45) is 0.940. The van der Waals surface area contributed by atoms with Crippen LogP contribution >= 0.6 is 11.3 Å². The summed E-state index contributed by atoms with van der Waals surface area (Å²) >= 11 is 1.71. The number of nitrogens with zero attached hydrogens (tertiary/aromatic N) is 1. The van der Waals surface area contributed by atoms with Crippen molar-refractivity contribution in [3.05, 3.63) is 16.1 Å². The minimum Gasteiger partial charge on any atom is -0.349 e. The third-order valence-corrected chi connectivity index (χ3v) is 3.64. The molecule has 4 nitrogen and oxygen atoms in total. The molecule has 1 aromatic rings. The standard InChI is InChI=1S/C11H18N2O2S/c1-3-9(11-13-8(2)7-16-11)12-6-10-14-4-5-15-10/h7,9-10,12H,3-6H2,1-2H3/t9-/m1/s1. The van der Waals surface area contributed by atoms with Crippen molar-refractivity contribution in [2.75, 3.05) is 19.8 Å². The normalized spacial score (nSPS) is 19.1. The van der Waals surface area contributed by atoms with Gasteiger partial charge in [0.05, 0.1) is 19.3 Å². The van der Waals surface area contributed by atoms with Crippen LogP contribution in [0, 0.1) is 6.92 Å². The van der Waals surface area contributed by atoms with Crippen molar-refractivity contribution < 1.29 is 9.47 Å². The molecule has 2 heterocycles. The zero-order valence-corrected chi connectivity index (χ0v) is 10.5. The van der Waals surface area contributed by atoms with E-state index in [4.69, 9.17) is 9.47 Å². The molecule has 16 heavy (non-hydrogen) atoms. The molecule has 1 saturated heterocycles. The van der Waals surface area contributed by atoms with Crippen LogP contribution < -0.4 is 5.32 Å². The van der Waals surface area contributed by atoms with Crippen molar-refractivity contribution in [1.82, 2.24) is 10.3 Å². The number of nitrogens with one attached hydrogen (secondary N) is 1. The second-order valence-electron chi connectivity index (χ2n) is 3.87. The first kappa shape index (κ1) is 12.0. The summed E-state index contributed by atoms with van der Waals surface area (Å²) in [5.41, 5.74) is 1.09. The van der Waals surface area contributed by atoms with E-state index in [0.29, 0.717) is 19.3 Å². The van der Waals surface area contributed by atoms with Crippen molar-refractivity contribution in [3.8, 4) is 0 Å². The zero-order valence-electron chi connectivity index (χ0n) is 9.73. The lowest BCUT2D eigenvalue weighted by Gasteiger charge is -2.16. The van der Waals surface area contributed by atoms with Gasteiger partial charge >= 0.3 is 0 Å². The Balaban J connectivity index is 1.85. The molecule has 5 heteroatoms. The van der Waals surface area contributed by atoms with E-state index in [2.05, 4.69) is 22.6 Å². The minimum atomic E-state index is -0.0879. The Hall–Kier alpha value is -0.490. The van der Waals surface area contributed by atoms with Gasteiger partial charge in [0, 0.05) is 17.6 Å². The molecular formula is C11H18N2O2S. The highest BCUT2D eigenvalue weighted by Crippen LogP contribution is 2.20. The van der Waals surface area contributed by atoms with Gasteiger partial charge in [-0.05, 0) is 13.3 Å². The molecule has 0 aromatic carbocycles. The van der Waals surface area contributed by atoms with Gasteiger partial charge in [-0.25, -0.2) is 4.98 Å². The Kier molecular flexibility index (Phi) is 4.29. The van der Waals surface area contributed by atoms with Crippen molar-refractivity contribution in [2.45, 2.75) is 32.6 Å². The Morgan fingerprint density at radius 3 is 2.88 bits per heavy atom. The molecule has 0 spiro atoms. The molecule has 0 unspecified atom stereocenters. The van der Waals surface area contributed by atoms with E-state index < -0.39 is 0 Å². The molecular weight excluding hydrogens is 224 g/mol. The fourth-order valence-corrected chi connectivity index (χ4v) is 2.66. The molecule has 1 aliphatic heterocycles. The van der Waals surface area contributed by atoms with Crippen LogP contribution in [0.2, 0.25) is 0 Å². The summed E-state index contributed by atoms with van der Waals surface area (Å²) in [7, 11) is 0. The summed E-state index contributed by atoms with van der Waals surface area (Å²) in [5.74, 6) is 0. The van der Waals surface area contributed by atoms with E-state index in [1.54, 1.807) is 11.3 Å². The Labute approximate surface area is 100.0 Å². The highest BCUT2D eigenvalue weighted by molar-refractivity contribution is 7.09. The van der Waals surface area contributed by atoms with E-state index in [1.807, 2.05) is 6.92 Å². The van der Waals surface area contributed by atoms with E-state index in [0.717, 1.165) is 23.7 Å². The van der Waals surface area contributed by atoms with Crippen LogP contribution in [-0.4, -0.2) is 31.0 Å². The molecule has 1 aliphatic rings. The molecule has 1 aromatic heterocycles. The molecule has 90 valence electrons. The van der Waals surface area contributed by atoms with Crippen LogP contribution in [0.15, 0.2) is 5.38 Å². The first-order valence-corrected chi connectivity index (χ1v) is 6.56. The van der Waals surface area contributed by atoms with Gasteiger partial charge in [0.15, 0.2) is 6.29 Å².